The predicted octanol–water partition coefficient (Wildman–Crippen LogP) is -0.747. The van der Waals surface area contributed by atoms with Crippen LogP contribution in [0.5, 0.6) is 5.75 Å². The molecule has 1 aromatic carbocycles. The number of carbonyl (C=O) groups is 4. The topological polar surface area (TPSA) is 116 Å². The molecule has 2 heterocycles. The Bertz CT molecular complexity index is 743. The lowest BCUT2D eigenvalue weighted by Gasteiger charge is -2.43. The third kappa shape index (κ3) is 3.17. The van der Waals surface area contributed by atoms with Crippen molar-refractivity contribution in [3.63, 3.8) is 0 Å². The van der Waals surface area contributed by atoms with Crippen LogP contribution < -0.4 is 10.1 Å². The molecule has 10 heteroatoms. The number of fused-ring (bicyclic) bond motifs is 1. The largest absolute Gasteiger partial charge is 0.484 e. The lowest BCUT2D eigenvalue weighted by molar-refractivity contribution is -0.165. The van der Waals surface area contributed by atoms with Gasteiger partial charge in [0.25, 0.3) is 5.91 Å². The van der Waals surface area contributed by atoms with Crippen LogP contribution in [0.1, 0.15) is 0 Å². The van der Waals surface area contributed by atoms with Crippen molar-refractivity contribution in [3.05, 3.63) is 30.3 Å². The molecule has 138 valence electrons. The third-order valence-electron chi connectivity index (χ3n) is 4.29. The number of carbonyl (C=O) groups excluding carboxylic acids is 3. The van der Waals surface area contributed by atoms with Gasteiger partial charge in [0.1, 0.15) is 17.7 Å². The van der Waals surface area contributed by atoms with Crippen LogP contribution in [0.4, 0.5) is 0 Å². The number of aliphatic carboxylic acids is 1. The summed E-state index contributed by atoms with van der Waals surface area (Å²) in [4.78, 5) is 49.6. The summed E-state index contributed by atoms with van der Waals surface area (Å²) >= 11 is 5.50. The summed E-state index contributed by atoms with van der Waals surface area (Å²) in [5.74, 6) is -2.85. The smallest absolute Gasteiger partial charge is 0.347 e. The number of amides is 3. The molecule has 26 heavy (non-hydrogen) atoms. The molecule has 0 bridgehead atoms. The standard InChI is InChI=1S/C16H16ClN3O6/c17-6-12(22)19-7-10-13(15(23)20(10)14(19)16(24)25)18-11(21)8-26-9-4-2-1-3-5-9/h1-5,10,13-14H,6-8H2,(H,18,21)(H,24,25)/t10?,13-,14?/m0/s1. The molecule has 0 spiro atoms. The number of carboxylic acid groups (broad SMARTS) is 1. The first kappa shape index (κ1) is 18.0. The van der Waals surface area contributed by atoms with E-state index in [0.717, 1.165) is 9.80 Å². The van der Waals surface area contributed by atoms with Gasteiger partial charge in [-0.1, -0.05) is 18.2 Å². The first-order chi connectivity index (χ1) is 12.4. The van der Waals surface area contributed by atoms with E-state index in [0.29, 0.717) is 5.75 Å². The van der Waals surface area contributed by atoms with Crippen LogP contribution in [0, 0.1) is 0 Å². The molecule has 2 fully saturated rings. The third-order valence-corrected chi connectivity index (χ3v) is 4.52. The molecule has 2 unspecified atom stereocenters. The van der Waals surface area contributed by atoms with E-state index < -0.39 is 41.9 Å². The molecule has 0 radical (unpaired) electrons. The van der Waals surface area contributed by atoms with Crippen LogP contribution in [-0.2, 0) is 19.2 Å². The minimum Gasteiger partial charge on any atom is -0.484 e. The summed E-state index contributed by atoms with van der Waals surface area (Å²) in [6.07, 6.45) is -1.40. The highest BCUT2D eigenvalue weighted by atomic mass is 35.5. The van der Waals surface area contributed by atoms with E-state index in [1.807, 2.05) is 0 Å². The van der Waals surface area contributed by atoms with Crippen LogP contribution in [0.2, 0.25) is 0 Å². The first-order valence-electron chi connectivity index (χ1n) is 7.81. The Kier molecular flexibility index (Phi) is 4.99. The maximum absolute atomic E-state index is 12.3. The van der Waals surface area contributed by atoms with Crippen LogP contribution >= 0.6 is 11.6 Å². The van der Waals surface area contributed by atoms with E-state index >= 15 is 0 Å². The van der Waals surface area contributed by atoms with E-state index in [1.165, 1.54) is 0 Å². The molecule has 0 aliphatic carbocycles. The number of para-hydroxylation sites is 1. The van der Waals surface area contributed by atoms with E-state index in [9.17, 15) is 24.3 Å². The lowest BCUT2D eigenvalue weighted by atomic mass is 9.96. The van der Waals surface area contributed by atoms with E-state index in [2.05, 4.69) is 5.32 Å². The minimum absolute atomic E-state index is 0.00124. The van der Waals surface area contributed by atoms with Gasteiger partial charge in [-0.2, -0.15) is 0 Å². The zero-order valence-electron chi connectivity index (χ0n) is 13.5. The number of nitrogens with zero attached hydrogens (tertiary/aromatic N) is 2. The summed E-state index contributed by atoms with van der Waals surface area (Å²) in [5.41, 5.74) is 0. The average molecular weight is 382 g/mol. The number of halogens is 1. The number of hydrogen-bond acceptors (Lipinski definition) is 5. The quantitative estimate of drug-likeness (QED) is 0.495. The molecule has 3 amide bonds. The molecule has 0 saturated carbocycles. The van der Waals surface area contributed by atoms with Crippen LogP contribution in [0.25, 0.3) is 0 Å². The fourth-order valence-electron chi connectivity index (χ4n) is 3.12. The zero-order chi connectivity index (χ0) is 18.8. The summed E-state index contributed by atoms with van der Waals surface area (Å²) in [6, 6.07) is 7.21. The first-order valence-corrected chi connectivity index (χ1v) is 8.35. The Morgan fingerprint density at radius 2 is 1.96 bits per heavy atom. The maximum atomic E-state index is 12.3. The van der Waals surface area contributed by atoms with E-state index in [4.69, 9.17) is 16.3 Å². The number of β-lactam (4-membered cyclic amide) rings is 1. The number of rotatable bonds is 6. The van der Waals surface area contributed by atoms with Gasteiger partial charge in [0.15, 0.2) is 6.61 Å². The second kappa shape index (κ2) is 7.20. The Morgan fingerprint density at radius 3 is 2.58 bits per heavy atom. The SMILES string of the molecule is O=C(COc1ccccc1)N[C@@H]1C(=O)N2C1CN(C(=O)CCl)C2C(=O)O. The van der Waals surface area contributed by atoms with Gasteiger partial charge in [-0.15, -0.1) is 11.6 Å². The molecule has 3 atom stereocenters. The molecule has 0 aromatic heterocycles. The Hall–Kier alpha value is -2.81. The second-order valence-corrected chi connectivity index (χ2v) is 6.12. The number of ether oxygens (including phenoxy) is 1. The molecule has 2 saturated heterocycles. The van der Waals surface area contributed by atoms with E-state index in [-0.39, 0.29) is 19.0 Å². The van der Waals surface area contributed by atoms with Crippen molar-refractivity contribution in [3.8, 4) is 5.75 Å². The van der Waals surface area contributed by atoms with Crippen molar-refractivity contribution in [2.75, 3.05) is 19.0 Å². The molecular weight excluding hydrogens is 366 g/mol. The molecule has 2 aliphatic rings. The van der Waals surface area contributed by atoms with Crippen LogP contribution in [0.3, 0.4) is 0 Å². The van der Waals surface area contributed by atoms with E-state index in [1.54, 1.807) is 30.3 Å². The fourth-order valence-corrected chi connectivity index (χ4v) is 3.27. The summed E-state index contributed by atoms with van der Waals surface area (Å²) in [6.45, 7) is -0.286. The van der Waals surface area contributed by atoms with Crippen LogP contribution in [0.15, 0.2) is 30.3 Å². The molecule has 3 rings (SSSR count). The highest BCUT2D eigenvalue weighted by Gasteiger charge is 2.60. The van der Waals surface area contributed by atoms with Crippen molar-refractivity contribution >= 4 is 35.3 Å². The summed E-state index contributed by atoms with van der Waals surface area (Å²) < 4.78 is 5.31. The van der Waals surface area contributed by atoms with Crippen molar-refractivity contribution in [2.45, 2.75) is 18.2 Å². The Balaban J connectivity index is 1.61. The van der Waals surface area contributed by atoms with Gasteiger partial charge < -0.3 is 25.0 Å². The van der Waals surface area contributed by atoms with Crippen molar-refractivity contribution in [2.24, 2.45) is 0 Å². The summed E-state index contributed by atoms with van der Waals surface area (Å²) in [7, 11) is 0. The number of hydrogen-bond donors (Lipinski definition) is 2. The maximum Gasteiger partial charge on any atom is 0.347 e. The number of carboxylic acids is 1. The van der Waals surface area contributed by atoms with Crippen molar-refractivity contribution in [1.29, 1.82) is 0 Å². The second-order valence-electron chi connectivity index (χ2n) is 5.85. The van der Waals surface area contributed by atoms with Gasteiger partial charge in [0, 0.05) is 6.54 Å². The monoisotopic (exact) mass is 381 g/mol. The van der Waals surface area contributed by atoms with Crippen molar-refractivity contribution < 1.29 is 29.0 Å². The fraction of sp³-hybridized carbons (Fsp3) is 0.375. The average Bonchev–Trinajstić information content (AvgIpc) is 3.01. The van der Waals surface area contributed by atoms with Gasteiger partial charge in [0.05, 0.1) is 6.04 Å². The predicted molar refractivity (Wildman–Crippen MR) is 88.4 cm³/mol. The van der Waals surface area contributed by atoms with Gasteiger partial charge in [-0.05, 0) is 12.1 Å². The molecule has 1 aromatic rings. The molecule has 2 N–H and O–H groups in total. The lowest BCUT2D eigenvalue weighted by Crippen LogP contribution is -2.71. The zero-order valence-corrected chi connectivity index (χ0v) is 14.3. The highest BCUT2D eigenvalue weighted by Crippen LogP contribution is 2.32. The number of benzene rings is 1. The molecule has 2 aliphatic heterocycles. The normalized spacial score (nSPS) is 23.9. The number of alkyl halides is 1. The Morgan fingerprint density at radius 1 is 1.27 bits per heavy atom. The number of nitrogens with one attached hydrogen (secondary N) is 1. The molecular formula is C16H16ClN3O6. The van der Waals surface area contributed by atoms with Crippen molar-refractivity contribution in [1.82, 2.24) is 15.1 Å². The minimum atomic E-state index is -1.40. The van der Waals surface area contributed by atoms with Crippen LogP contribution in [-0.4, -0.2) is 75.9 Å². The summed E-state index contributed by atoms with van der Waals surface area (Å²) in [5, 5.41) is 11.8. The van der Waals surface area contributed by atoms with Gasteiger partial charge in [-0.25, -0.2) is 4.79 Å². The van der Waals surface area contributed by atoms with Gasteiger partial charge in [-0.3, -0.25) is 14.4 Å². The molecule has 9 nitrogen and oxygen atoms in total. The Labute approximate surface area is 153 Å². The van der Waals surface area contributed by atoms with Gasteiger partial charge >= 0.3 is 5.97 Å². The highest BCUT2D eigenvalue weighted by molar-refractivity contribution is 6.27. The van der Waals surface area contributed by atoms with Gasteiger partial charge in [0.2, 0.25) is 18.0 Å².